The van der Waals surface area contributed by atoms with E-state index in [9.17, 15) is 22.8 Å². The summed E-state index contributed by atoms with van der Waals surface area (Å²) < 4.78 is 27.1. The first-order valence-electron chi connectivity index (χ1n) is 14.1. The van der Waals surface area contributed by atoms with Crippen molar-refractivity contribution in [2.75, 3.05) is 6.54 Å². The van der Waals surface area contributed by atoms with E-state index >= 15 is 0 Å². The summed E-state index contributed by atoms with van der Waals surface area (Å²) in [4.78, 5) is 42.4. The molecule has 1 aliphatic heterocycles. The van der Waals surface area contributed by atoms with Gasteiger partial charge in [0.1, 0.15) is 17.5 Å². The number of fused-ring (bicyclic) bond motifs is 1. The fourth-order valence-corrected chi connectivity index (χ4v) is 7.11. The van der Waals surface area contributed by atoms with Gasteiger partial charge in [0, 0.05) is 19.0 Å². The molecule has 1 fully saturated rings. The molecule has 1 N–H and O–H groups in total. The van der Waals surface area contributed by atoms with Crippen LogP contribution >= 0.6 is 0 Å². The van der Waals surface area contributed by atoms with Crippen molar-refractivity contribution >= 4 is 27.7 Å². The third-order valence-corrected chi connectivity index (χ3v) is 9.67. The van der Waals surface area contributed by atoms with Crippen LogP contribution in [-0.2, 0) is 32.6 Å². The molecule has 8 nitrogen and oxygen atoms in total. The first kappa shape index (κ1) is 28.5. The minimum Gasteiger partial charge on any atom is -0.352 e. The predicted molar refractivity (Wildman–Crippen MR) is 155 cm³/mol. The Hall–Kier alpha value is -3.98. The summed E-state index contributed by atoms with van der Waals surface area (Å²) in [5.74, 6) is -1.63. The van der Waals surface area contributed by atoms with Crippen LogP contribution in [0, 0.1) is 6.92 Å². The Morgan fingerprint density at radius 3 is 2.24 bits per heavy atom. The second-order valence-electron chi connectivity index (χ2n) is 10.9. The van der Waals surface area contributed by atoms with Gasteiger partial charge in [-0.1, -0.05) is 91.6 Å². The fraction of sp³-hybridized carbons (Fsp3) is 0.344. The lowest BCUT2D eigenvalue weighted by Crippen LogP contribution is -2.55. The molecule has 3 amide bonds. The third-order valence-electron chi connectivity index (χ3n) is 7.89. The van der Waals surface area contributed by atoms with Crippen molar-refractivity contribution < 1.29 is 22.8 Å². The summed E-state index contributed by atoms with van der Waals surface area (Å²) in [6.45, 7) is 1.36. The Morgan fingerprint density at radius 2 is 1.56 bits per heavy atom. The third kappa shape index (κ3) is 6.35. The number of nitrogens with one attached hydrogen (secondary N) is 1. The number of benzene rings is 3. The lowest BCUT2D eigenvalue weighted by atomic mass is 9.94. The smallest absolute Gasteiger partial charge is 0.269 e. The second-order valence-corrected chi connectivity index (χ2v) is 12.7. The molecule has 0 radical (unpaired) electrons. The quantitative estimate of drug-likeness (QED) is 0.413. The van der Waals surface area contributed by atoms with Gasteiger partial charge in [0.2, 0.25) is 11.8 Å². The van der Waals surface area contributed by atoms with Crippen molar-refractivity contribution in [3.05, 3.63) is 101 Å². The molecule has 0 spiro atoms. The molecule has 5 rings (SSSR count). The molecule has 0 aromatic heterocycles. The van der Waals surface area contributed by atoms with Gasteiger partial charge in [-0.3, -0.25) is 14.4 Å². The number of carbonyl (C=O) groups excluding carboxylic acids is 3. The molecule has 41 heavy (non-hydrogen) atoms. The van der Waals surface area contributed by atoms with Crippen LogP contribution in [0.5, 0.6) is 0 Å². The SMILES string of the molecule is Cc1ccc(CN(C(=O)CN2C(=O)c3ccccc3S2(=O)=O)C(Cc2ccccc2)C(=O)NC2CCCCC2)cc1. The fourth-order valence-electron chi connectivity index (χ4n) is 5.59. The lowest BCUT2D eigenvalue weighted by Gasteiger charge is -2.34. The van der Waals surface area contributed by atoms with Crippen LogP contribution in [0.3, 0.4) is 0 Å². The number of sulfonamides is 1. The van der Waals surface area contributed by atoms with E-state index in [4.69, 9.17) is 0 Å². The minimum atomic E-state index is -4.19. The molecule has 3 aromatic rings. The van der Waals surface area contributed by atoms with Crippen LogP contribution in [-0.4, -0.2) is 54.0 Å². The van der Waals surface area contributed by atoms with Crippen LogP contribution in [0.4, 0.5) is 0 Å². The van der Waals surface area contributed by atoms with E-state index in [2.05, 4.69) is 5.32 Å². The van der Waals surface area contributed by atoms with E-state index in [1.54, 1.807) is 12.1 Å². The lowest BCUT2D eigenvalue weighted by molar-refractivity contribution is -0.141. The summed E-state index contributed by atoms with van der Waals surface area (Å²) in [5.41, 5.74) is 2.76. The van der Waals surface area contributed by atoms with Crippen molar-refractivity contribution in [3.63, 3.8) is 0 Å². The van der Waals surface area contributed by atoms with Crippen LogP contribution in [0.15, 0.2) is 83.8 Å². The van der Waals surface area contributed by atoms with Crippen LogP contribution < -0.4 is 5.32 Å². The van der Waals surface area contributed by atoms with Crippen LogP contribution in [0.1, 0.15) is 59.2 Å². The molecule has 1 heterocycles. The summed E-state index contributed by atoms with van der Waals surface area (Å²) >= 11 is 0. The molecule has 0 saturated heterocycles. The molecule has 9 heteroatoms. The number of carbonyl (C=O) groups is 3. The van der Waals surface area contributed by atoms with Gasteiger partial charge in [-0.25, -0.2) is 12.7 Å². The van der Waals surface area contributed by atoms with Gasteiger partial charge in [0.15, 0.2) is 0 Å². The Kier molecular flexibility index (Phi) is 8.54. The van der Waals surface area contributed by atoms with Gasteiger partial charge >= 0.3 is 0 Å². The first-order valence-corrected chi connectivity index (χ1v) is 15.5. The molecule has 1 saturated carbocycles. The monoisotopic (exact) mass is 573 g/mol. The number of nitrogens with zero attached hydrogens (tertiary/aromatic N) is 2. The van der Waals surface area contributed by atoms with E-state index in [1.165, 1.54) is 17.0 Å². The average Bonchev–Trinajstić information content (AvgIpc) is 3.17. The maximum Gasteiger partial charge on any atom is 0.269 e. The number of rotatable bonds is 9. The Labute approximate surface area is 241 Å². The molecule has 3 aromatic carbocycles. The summed E-state index contributed by atoms with van der Waals surface area (Å²) in [5, 5.41) is 3.17. The van der Waals surface area contributed by atoms with Gasteiger partial charge in [-0.2, -0.15) is 0 Å². The highest BCUT2D eigenvalue weighted by Gasteiger charge is 2.43. The second kappa shape index (κ2) is 12.3. The highest BCUT2D eigenvalue weighted by atomic mass is 32.2. The molecule has 1 unspecified atom stereocenters. The Balaban J connectivity index is 1.48. The maximum absolute atomic E-state index is 14.1. The Bertz CT molecular complexity index is 1520. The zero-order valence-electron chi connectivity index (χ0n) is 23.2. The van der Waals surface area contributed by atoms with E-state index in [0.29, 0.717) is 4.31 Å². The summed E-state index contributed by atoms with van der Waals surface area (Å²) in [7, 11) is -4.19. The minimum absolute atomic E-state index is 0.0286. The van der Waals surface area contributed by atoms with Crippen molar-refractivity contribution in [2.24, 2.45) is 0 Å². The molecule has 0 bridgehead atoms. The van der Waals surface area contributed by atoms with Gasteiger partial charge in [-0.15, -0.1) is 0 Å². The summed E-state index contributed by atoms with van der Waals surface area (Å²) in [6, 6.07) is 22.2. The molecule has 1 atom stereocenters. The van der Waals surface area contributed by atoms with Crippen molar-refractivity contribution in [3.8, 4) is 0 Å². The zero-order chi connectivity index (χ0) is 29.0. The van der Waals surface area contributed by atoms with Crippen molar-refractivity contribution in [2.45, 2.75) is 69.0 Å². The van der Waals surface area contributed by atoms with E-state index < -0.39 is 34.4 Å². The molecular formula is C32H35N3O5S. The van der Waals surface area contributed by atoms with Crippen LogP contribution in [0.2, 0.25) is 0 Å². The van der Waals surface area contributed by atoms with E-state index in [0.717, 1.165) is 48.8 Å². The van der Waals surface area contributed by atoms with Gasteiger partial charge in [0.05, 0.1) is 5.56 Å². The highest BCUT2D eigenvalue weighted by molar-refractivity contribution is 7.90. The number of hydrogen-bond acceptors (Lipinski definition) is 5. The summed E-state index contributed by atoms with van der Waals surface area (Å²) in [6.07, 6.45) is 5.23. The number of amides is 3. The van der Waals surface area contributed by atoms with E-state index in [-0.39, 0.29) is 35.4 Å². The highest BCUT2D eigenvalue weighted by Crippen LogP contribution is 2.30. The molecule has 214 valence electrons. The van der Waals surface area contributed by atoms with Crippen molar-refractivity contribution in [1.82, 2.24) is 14.5 Å². The zero-order valence-corrected chi connectivity index (χ0v) is 24.0. The normalized spacial score (nSPS) is 17.1. The van der Waals surface area contributed by atoms with Gasteiger partial charge < -0.3 is 10.2 Å². The average molecular weight is 574 g/mol. The standard InChI is InChI=1S/C32H35N3O5S/c1-23-16-18-25(19-17-23)21-34(30(36)22-35-32(38)27-14-8-9-15-29(27)41(35,39)40)28(20-24-10-4-2-5-11-24)31(37)33-26-12-6-3-7-13-26/h2,4-5,8-11,14-19,26,28H,3,6-7,12-13,20-22H2,1H3,(H,33,37). The van der Waals surface area contributed by atoms with E-state index in [1.807, 2.05) is 61.5 Å². The molecular weight excluding hydrogens is 538 g/mol. The van der Waals surface area contributed by atoms with Gasteiger partial charge in [-0.05, 0) is 43.0 Å². The predicted octanol–water partition coefficient (Wildman–Crippen LogP) is 4.23. The van der Waals surface area contributed by atoms with Crippen LogP contribution in [0.25, 0.3) is 0 Å². The number of hydrogen-bond donors (Lipinski definition) is 1. The molecule has 2 aliphatic rings. The van der Waals surface area contributed by atoms with Crippen molar-refractivity contribution in [1.29, 1.82) is 0 Å². The largest absolute Gasteiger partial charge is 0.352 e. The van der Waals surface area contributed by atoms with Gasteiger partial charge in [0.25, 0.3) is 15.9 Å². The molecule has 1 aliphatic carbocycles. The first-order chi connectivity index (χ1) is 19.7. The Morgan fingerprint density at radius 1 is 0.902 bits per heavy atom. The number of aryl methyl sites for hydroxylation is 1. The maximum atomic E-state index is 14.1. The topological polar surface area (TPSA) is 104 Å².